The molecule has 838 valence electrons. The van der Waals surface area contributed by atoms with Crippen LogP contribution in [0.5, 0.6) is 0 Å². The number of rotatable bonds is 21. The van der Waals surface area contributed by atoms with E-state index in [9.17, 15) is 77.8 Å². The minimum absolute atomic E-state index is 0. The highest BCUT2D eigenvalue weighted by Gasteiger charge is 2.54. The van der Waals surface area contributed by atoms with Gasteiger partial charge in [-0.2, -0.15) is 19.9 Å². The first-order valence-electron chi connectivity index (χ1n) is 41.8. The van der Waals surface area contributed by atoms with Crippen molar-refractivity contribution in [1.82, 2.24) is 97.6 Å². The van der Waals surface area contributed by atoms with Gasteiger partial charge in [0.2, 0.25) is 17.8 Å². The Kier molecular flexibility index (Phi) is 62.2. The van der Waals surface area contributed by atoms with Crippen LogP contribution in [0.25, 0.3) is 55.8 Å². The molecule has 68 heteroatoms. The van der Waals surface area contributed by atoms with Crippen molar-refractivity contribution in [3.8, 4) is 0 Å². The number of aromatic nitrogens is 20. The number of H-pyrrole nitrogens is 2. The second kappa shape index (κ2) is 66.2. The minimum Gasteiger partial charge on any atom is -0.456 e. The van der Waals surface area contributed by atoms with E-state index in [-0.39, 0.29) is 101 Å². The number of anilines is 4. The Labute approximate surface area is 931 Å². The maximum Gasteiger partial charge on any atom is 0.339 e. The average Bonchev–Trinajstić information content (AvgIpc) is 1.62. The van der Waals surface area contributed by atoms with Crippen LogP contribution >= 0.6 is 152 Å². The molecule has 5 aliphatic heterocycles. The highest BCUT2D eigenvalue weighted by Crippen LogP contribution is 2.61. The number of aliphatic hydroxyl groups is 6. The van der Waals surface area contributed by atoms with Crippen LogP contribution in [0.15, 0.2) is 46.6 Å². The number of nitrogens with zero attached hydrogens (tertiary/aromatic N) is 19. The molecular formula is C81H125Cl5I4N27O31P. The molecule has 5 aliphatic rings. The van der Waals surface area contributed by atoms with Crippen LogP contribution in [0.2, 0.25) is 10.3 Å². The Hall–Kier alpha value is -9.01. The monoisotopic (exact) mass is 2690 g/mol. The molecule has 15 rings (SSSR count). The summed E-state index contributed by atoms with van der Waals surface area (Å²) in [7, 11) is 0. The standard InChI is InChI=1S/C15H16ClIN4O5.C15H18ClN5O5.C15H19N5O6.C10H12IN5O4.C10H13N5O5.C5H11NO2.C4H6O3.CH2I2.6CH4.Cl3OP.H4N2/c2*1-4-8-10(24-6(2)22)11(25-7(3)23)14(26-8)21-5-18-9-12(16)19-15(17)20-13(9)21;1-4-8-10(24-6(2)21)11(25-7(3)22)14(26-8)20-5-17-9-12(20)18-15(16)19-13(9)23;11-10-14-7(12)4-8(15-10)16(2-13-4)9-6(19)5(18)3(1-17)20-9;11-10-13-7-4(8(19)14-10)12-2-15(7)9-6(18)5(17)3(1-16)20-9;1-2-3-4-5-8-6-7;1-3(5)7-4(2)6;2-1-3;;;;;;;1-5(2,3)4;1-2/h5,8,10-11,14H,4H2,1-3H3;5,8,10-11,14H,4H2,1-3H3,(H2,17,19,20);5,8,10-11,14H,4H2,1-3H3,(H3,16,18,19,23);2-3,5-6,9,17-19H,1H2,(H2,12,14,15);2-3,5-6,9,16-18H,1H2,(H3,11,13,14,19);2-5H2,1H3;1-2H3;1H2;6*1H4;;1-2H2/t3*8-,10-,11-,14?;2*3-,5-,6-,9?;;;;;;;;;;;/m11111.........../s1. The van der Waals surface area contributed by atoms with Crippen LogP contribution in [0, 0.1) is 12.6 Å². The predicted octanol–water partition coefficient (Wildman–Crippen LogP) is 8.53. The first kappa shape index (κ1) is 140. The van der Waals surface area contributed by atoms with Gasteiger partial charge in [-0.3, -0.25) is 97.0 Å². The number of nitrogens with two attached hydrogens (primary N) is 6. The summed E-state index contributed by atoms with van der Waals surface area (Å²) in [6, 6.07) is 0. The molecule has 0 aliphatic carbocycles. The van der Waals surface area contributed by atoms with E-state index < -0.39 is 200 Å². The number of hydrazine groups is 1. The Morgan fingerprint density at radius 1 is 0.423 bits per heavy atom. The highest BCUT2D eigenvalue weighted by atomic mass is 127. The third kappa shape index (κ3) is 38.9. The molecule has 10 aromatic heterocycles. The van der Waals surface area contributed by atoms with Gasteiger partial charge in [0.05, 0.1) is 47.3 Å². The number of carbonyl (C=O) groups excluding carboxylic acids is 8. The maximum atomic E-state index is 12.0. The van der Waals surface area contributed by atoms with Crippen molar-refractivity contribution in [2.75, 3.05) is 45.2 Å². The van der Waals surface area contributed by atoms with Gasteiger partial charge < -0.3 is 115 Å². The van der Waals surface area contributed by atoms with Crippen molar-refractivity contribution >= 4 is 280 Å². The third-order valence-corrected chi connectivity index (χ3v) is 21.0. The number of nitrogens with one attached hydrogen (secondary N) is 2. The van der Waals surface area contributed by atoms with Gasteiger partial charge in [0, 0.05) is 101 Å². The first-order valence-corrected chi connectivity index (χ1v) is 52.2. The number of halogens is 9. The number of aliphatic hydroxyl groups excluding tert-OH is 6. The summed E-state index contributed by atoms with van der Waals surface area (Å²) in [6.45, 7) is 17.3. The second-order valence-electron chi connectivity index (χ2n) is 29.6. The van der Waals surface area contributed by atoms with Crippen molar-refractivity contribution in [2.45, 2.75) is 289 Å². The van der Waals surface area contributed by atoms with Crippen LogP contribution in [0.4, 0.5) is 23.7 Å². The molecule has 0 saturated carbocycles. The number of ether oxygens (including phenoxy) is 12. The van der Waals surface area contributed by atoms with E-state index in [4.69, 9.17) is 108 Å². The van der Waals surface area contributed by atoms with E-state index in [0.29, 0.717) is 67.0 Å². The van der Waals surface area contributed by atoms with Crippen molar-refractivity contribution in [3.63, 3.8) is 0 Å². The van der Waals surface area contributed by atoms with E-state index in [1.807, 2.05) is 66.0 Å². The zero-order chi connectivity index (χ0) is 107. The van der Waals surface area contributed by atoms with Crippen LogP contribution in [0.1, 0.15) is 197 Å². The van der Waals surface area contributed by atoms with Crippen LogP contribution in [-0.2, 0) is 105 Å². The summed E-state index contributed by atoms with van der Waals surface area (Å²) in [6.07, 6.45) is -5.71. The quantitative estimate of drug-likeness (QED) is 0.00260. The molecule has 0 amide bonds. The number of alkyl halides is 2. The Bertz CT molecular complexity index is 6020. The number of hydrogen-bond acceptors (Lipinski definition) is 51. The molecule has 15 heterocycles. The van der Waals surface area contributed by atoms with Crippen LogP contribution in [-0.4, -0.2) is 290 Å². The summed E-state index contributed by atoms with van der Waals surface area (Å²) in [5, 5.41) is 57.0. The number of imidazole rings is 5. The fraction of sp³-hybridized carbons (Fsp3) is 0.593. The molecule has 5 unspecified atom stereocenters. The molecular weight excluding hydrogens is 2560 g/mol. The molecule has 5 fully saturated rings. The third-order valence-electron chi connectivity index (χ3n) is 19.5. The van der Waals surface area contributed by atoms with Gasteiger partial charge in [-0.1, -0.05) is 153 Å². The molecule has 0 bridgehead atoms. The van der Waals surface area contributed by atoms with Crippen LogP contribution < -0.4 is 45.7 Å². The zero-order valence-electron chi connectivity index (χ0n) is 77.2. The fourth-order valence-corrected chi connectivity index (χ4v) is 15.6. The van der Waals surface area contributed by atoms with Crippen LogP contribution in [0.3, 0.4) is 0 Å². The molecule has 0 aromatic carbocycles. The van der Waals surface area contributed by atoms with E-state index in [2.05, 4.69) is 187 Å². The van der Waals surface area contributed by atoms with Gasteiger partial charge in [-0.15, -0.1) is 4.91 Å². The molecule has 149 heavy (non-hydrogen) atoms. The van der Waals surface area contributed by atoms with Crippen molar-refractivity contribution in [1.29, 1.82) is 0 Å². The second-order valence-corrected chi connectivity index (χ2v) is 43.3. The lowest BCUT2D eigenvalue weighted by atomic mass is 10.1. The molecule has 0 spiro atoms. The predicted molar refractivity (Wildman–Crippen MR) is 578 cm³/mol. The van der Waals surface area contributed by atoms with Gasteiger partial charge in [0.25, 0.3) is 11.1 Å². The molecule has 0 radical (unpaired) electrons. The smallest absolute Gasteiger partial charge is 0.339 e. The topological polar surface area (TPSA) is 838 Å². The van der Waals surface area contributed by atoms with Gasteiger partial charge in [0.15, 0.2) is 136 Å². The van der Waals surface area contributed by atoms with E-state index in [0.717, 1.165) is 19.3 Å². The number of unbranched alkanes of at least 4 members (excludes halogenated alkanes) is 2. The minimum atomic E-state index is -3.22. The summed E-state index contributed by atoms with van der Waals surface area (Å²) in [5.41, 5.74) is 24.2. The van der Waals surface area contributed by atoms with Crippen molar-refractivity contribution in [3.05, 3.63) is 75.2 Å². The van der Waals surface area contributed by atoms with Gasteiger partial charge in [-0.25, -0.2) is 44.9 Å². The summed E-state index contributed by atoms with van der Waals surface area (Å²) >= 11 is 34.4. The largest absolute Gasteiger partial charge is 0.456 e. The SMILES string of the molecule is C.C.C.C.C.C.CC(=O)OC(C)=O.CCCCCON=O.CC[C@H]1OC(n2cnc3c(=O)[nH]c(N)nc32)[C@H](OC(C)=O)[C@@H]1OC(C)=O.CC[C@H]1OC(n2cnc3c(Cl)nc(I)nc32)[C@H](OC(C)=O)[C@@H]1OC(C)=O.CC[C@H]1OC(n2cnc3c(Cl)nc(N)nc32)[C@H](OC(C)=O)[C@@H]1OC(C)=O.ICI.NN.Nc1nc(I)nc2c1ncn2C1O[C@H](CO)[C@@H](O)[C@H]1O.Nc1nc2c(ncn2C2O[C@H](CO)[C@@H](O)[C@H]2O)c(=O)[nH]1.O=P(Cl)(Cl)Cl. The summed E-state index contributed by atoms with van der Waals surface area (Å²) in [4.78, 5) is 184. The van der Waals surface area contributed by atoms with Crippen molar-refractivity contribution in [2.24, 2.45) is 17.0 Å². The lowest BCUT2D eigenvalue weighted by Gasteiger charge is -2.23. The molecule has 20 N–H and O–H groups in total. The molecule has 58 nitrogen and oxygen atoms in total. The molecule has 5 saturated heterocycles. The van der Waals surface area contributed by atoms with E-state index in [1.54, 1.807) is 9.13 Å². The Balaban J connectivity index is 0.00000172. The number of hydrogen-bond donors (Lipinski definition) is 14. The molecule has 20 atom stereocenters. The Morgan fingerprint density at radius 2 is 0.698 bits per heavy atom. The number of esters is 8. The number of carbonyl (C=O) groups is 8. The van der Waals surface area contributed by atoms with Gasteiger partial charge in [0.1, 0.15) is 78.1 Å². The van der Waals surface area contributed by atoms with Gasteiger partial charge >= 0.3 is 53.0 Å². The average molecular weight is 2690 g/mol. The Morgan fingerprint density at radius 3 is 0.987 bits per heavy atom. The zero-order valence-corrected chi connectivity index (χ0v) is 90.5. The number of nitrogen functional groups attached to an aromatic ring is 4. The fourth-order valence-electron chi connectivity index (χ4n) is 14.1. The molecule has 10 aromatic rings. The summed E-state index contributed by atoms with van der Waals surface area (Å²) < 4.78 is 83.9. The lowest BCUT2D eigenvalue weighted by Crippen LogP contribution is -2.38. The maximum absolute atomic E-state index is 12.0. The van der Waals surface area contributed by atoms with Gasteiger partial charge in [-0.05, 0) is 59.4 Å². The van der Waals surface area contributed by atoms with Crippen molar-refractivity contribution < 1.29 is 135 Å². The lowest BCUT2D eigenvalue weighted by molar-refractivity contribution is -0.165. The highest BCUT2D eigenvalue weighted by molar-refractivity contribution is 14.2. The normalized spacial score (nSPS) is 22.8. The number of aromatic amines is 2. The van der Waals surface area contributed by atoms with E-state index in [1.165, 1.54) is 103 Å². The van der Waals surface area contributed by atoms with E-state index >= 15 is 0 Å². The number of fused-ring (bicyclic) bond motifs is 5. The summed E-state index contributed by atoms with van der Waals surface area (Å²) in [5.74, 6) is 3.77. The first-order chi connectivity index (χ1) is 67.4.